The molecule has 1 amide bonds. The van der Waals surface area contributed by atoms with Crippen molar-refractivity contribution < 1.29 is 14.3 Å². The molecule has 0 unspecified atom stereocenters. The van der Waals surface area contributed by atoms with Gasteiger partial charge in [0, 0.05) is 22.1 Å². The minimum absolute atomic E-state index is 0.227. The van der Waals surface area contributed by atoms with Gasteiger partial charge in [0.25, 0.3) is 5.91 Å². The van der Waals surface area contributed by atoms with E-state index < -0.39 is 5.97 Å². The van der Waals surface area contributed by atoms with Crippen LogP contribution in [-0.4, -0.2) is 29.5 Å². The third kappa shape index (κ3) is 5.32. The van der Waals surface area contributed by atoms with Crippen LogP contribution in [0.4, 0.5) is 0 Å². The number of carbonyl (C=O) groups excluding carboxylic acids is 2. The second-order valence-corrected chi connectivity index (χ2v) is 8.35. The van der Waals surface area contributed by atoms with E-state index in [1.807, 2.05) is 24.4 Å². The average molecular weight is 391 g/mol. The quantitative estimate of drug-likeness (QED) is 0.572. The topological polar surface area (TPSA) is 68.3 Å². The van der Waals surface area contributed by atoms with E-state index in [9.17, 15) is 9.59 Å². The van der Waals surface area contributed by atoms with Crippen molar-refractivity contribution in [3.05, 3.63) is 45.9 Å². The zero-order valence-electron chi connectivity index (χ0n) is 14.7. The molecule has 138 valence electrons. The van der Waals surface area contributed by atoms with Gasteiger partial charge in [-0.15, -0.1) is 23.1 Å². The molecule has 1 aromatic heterocycles. The number of aryl methyl sites for hydroxylation is 1. The molecule has 1 fully saturated rings. The van der Waals surface area contributed by atoms with Crippen molar-refractivity contribution in [2.75, 3.05) is 6.61 Å². The lowest BCUT2D eigenvalue weighted by Crippen LogP contribution is -2.35. The Kier molecular flexibility index (Phi) is 6.68. The summed E-state index contributed by atoms with van der Waals surface area (Å²) in [5.41, 5.74) is 1.48. The number of benzene rings is 1. The summed E-state index contributed by atoms with van der Waals surface area (Å²) in [6.45, 7) is 1.74. The molecule has 26 heavy (non-hydrogen) atoms. The van der Waals surface area contributed by atoms with Crippen LogP contribution in [-0.2, 0) is 15.3 Å². The Morgan fingerprint density at radius 2 is 2.08 bits per heavy atom. The molecule has 1 aliphatic rings. The number of esters is 1. The first kappa shape index (κ1) is 18.9. The van der Waals surface area contributed by atoms with Crippen molar-refractivity contribution in [3.63, 3.8) is 0 Å². The fourth-order valence-electron chi connectivity index (χ4n) is 2.94. The second kappa shape index (κ2) is 9.19. The lowest BCUT2D eigenvalue weighted by atomic mass is 10.2. The number of ether oxygens (including phenoxy) is 1. The Labute approximate surface area is 161 Å². The van der Waals surface area contributed by atoms with Gasteiger partial charge in [-0.3, -0.25) is 4.79 Å². The summed E-state index contributed by atoms with van der Waals surface area (Å²) < 4.78 is 5.22. The van der Waals surface area contributed by atoms with E-state index in [2.05, 4.69) is 10.3 Å². The van der Waals surface area contributed by atoms with Gasteiger partial charge in [-0.05, 0) is 31.9 Å². The van der Waals surface area contributed by atoms with Crippen LogP contribution in [0, 0.1) is 6.92 Å². The molecule has 2 aromatic rings. The van der Waals surface area contributed by atoms with Crippen molar-refractivity contribution in [2.45, 2.75) is 49.3 Å². The number of aromatic nitrogens is 1. The van der Waals surface area contributed by atoms with Crippen molar-refractivity contribution in [2.24, 2.45) is 0 Å². The third-order valence-electron chi connectivity index (χ3n) is 4.20. The van der Waals surface area contributed by atoms with Gasteiger partial charge in [-0.25, -0.2) is 9.78 Å². The van der Waals surface area contributed by atoms with Crippen LogP contribution in [0.2, 0.25) is 0 Å². The van der Waals surface area contributed by atoms with Crippen molar-refractivity contribution in [1.82, 2.24) is 10.3 Å². The van der Waals surface area contributed by atoms with Gasteiger partial charge in [0.05, 0.1) is 16.3 Å². The molecule has 0 aliphatic heterocycles. The van der Waals surface area contributed by atoms with Crippen molar-refractivity contribution in [3.8, 4) is 0 Å². The van der Waals surface area contributed by atoms with E-state index in [0.29, 0.717) is 11.3 Å². The number of hydrogen-bond donors (Lipinski definition) is 1. The Morgan fingerprint density at radius 3 is 2.81 bits per heavy atom. The summed E-state index contributed by atoms with van der Waals surface area (Å²) in [5, 5.41) is 5.97. The Balaban J connectivity index is 1.54. The molecular weight excluding hydrogens is 368 g/mol. The summed E-state index contributed by atoms with van der Waals surface area (Å²) in [5.74, 6) is -0.00552. The number of amides is 1. The minimum Gasteiger partial charge on any atom is -0.452 e. The molecule has 0 bridgehead atoms. The molecule has 1 aliphatic carbocycles. The number of nitrogens with one attached hydrogen (secondary N) is 1. The maximum absolute atomic E-state index is 12.4. The van der Waals surface area contributed by atoms with Crippen LogP contribution < -0.4 is 5.32 Å². The smallest absolute Gasteiger partial charge is 0.339 e. The lowest BCUT2D eigenvalue weighted by Gasteiger charge is -2.12. The third-order valence-corrected chi connectivity index (χ3v) is 6.13. The first-order valence-corrected chi connectivity index (χ1v) is 10.6. The predicted octanol–water partition coefficient (Wildman–Crippen LogP) is 3.96. The molecule has 1 aromatic carbocycles. The zero-order chi connectivity index (χ0) is 18.4. The van der Waals surface area contributed by atoms with Gasteiger partial charge in [0.1, 0.15) is 0 Å². The molecule has 7 heteroatoms. The zero-order valence-corrected chi connectivity index (χ0v) is 16.3. The first-order chi connectivity index (χ1) is 12.6. The minimum atomic E-state index is -0.468. The van der Waals surface area contributed by atoms with Crippen molar-refractivity contribution in [1.29, 1.82) is 0 Å². The van der Waals surface area contributed by atoms with E-state index in [1.54, 1.807) is 35.2 Å². The van der Waals surface area contributed by atoms with Gasteiger partial charge in [0.15, 0.2) is 6.61 Å². The highest BCUT2D eigenvalue weighted by Gasteiger charge is 2.19. The van der Waals surface area contributed by atoms with Gasteiger partial charge >= 0.3 is 5.97 Å². The SMILES string of the molecule is Cc1nc(CSc2ccccc2C(=O)OCC(=O)NC2CCCC2)cs1. The van der Waals surface area contributed by atoms with Crippen LogP contribution in [0.5, 0.6) is 0 Å². The largest absolute Gasteiger partial charge is 0.452 e. The molecule has 5 nitrogen and oxygen atoms in total. The Morgan fingerprint density at radius 1 is 1.31 bits per heavy atom. The van der Waals surface area contributed by atoms with E-state index in [-0.39, 0.29) is 18.6 Å². The molecule has 3 rings (SSSR count). The van der Waals surface area contributed by atoms with Gasteiger partial charge in [-0.2, -0.15) is 0 Å². The fourth-order valence-corrected chi connectivity index (χ4v) is 4.59. The van der Waals surface area contributed by atoms with Crippen LogP contribution in [0.1, 0.15) is 46.7 Å². The Hall–Kier alpha value is -1.86. The molecule has 0 radical (unpaired) electrons. The number of thiazole rings is 1. The number of nitrogens with zero attached hydrogens (tertiary/aromatic N) is 1. The molecule has 1 heterocycles. The summed E-state index contributed by atoms with van der Waals surface area (Å²) in [7, 11) is 0. The monoisotopic (exact) mass is 390 g/mol. The maximum atomic E-state index is 12.4. The van der Waals surface area contributed by atoms with Crippen LogP contribution in [0.3, 0.4) is 0 Å². The average Bonchev–Trinajstić information content (AvgIpc) is 3.30. The highest BCUT2D eigenvalue weighted by molar-refractivity contribution is 7.98. The molecule has 1 N–H and O–H groups in total. The highest BCUT2D eigenvalue weighted by Crippen LogP contribution is 2.27. The second-order valence-electron chi connectivity index (χ2n) is 6.27. The Bertz CT molecular complexity index is 770. The number of thioether (sulfide) groups is 1. The van der Waals surface area contributed by atoms with Gasteiger partial charge < -0.3 is 10.1 Å². The molecule has 1 saturated carbocycles. The van der Waals surface area contributed by atoms with Crippen LogP contribution in [0.15, 0.2) is 34.5 Å². The van der Waals surface area contributed by atoms with Crippen LogP contribution >= 0.6 is 23.1 Å². The van der Waals surface area contributed by atoms with Gasteiger partial charge in [-0.1, -0.05) is 25.0 Å². The summed E-state index contributed by atoms with van der Waals surface area (Å²) in [6.07, 6.45) is 4.31. The van der Waals surface area contributed by atoms with Crippen molar-refractivity contribution >= 4 is 35.0 Å². The molecule has 0 saturated heterocycles. The highest BCUT2D eigenvalue weighted by atomic mass is 32.2. The number of hydrogen-bond acceptors (Lipinski definition) is 6. The van der Waals surface area contributed by atoms with E-state index in [4.69, 9.17) is 4.74 Å². The first-order valence-electron chi connectivity index (χ1n) is 8.71. The number of carbonyl (C=O) groups is 2. The van der Waals surface area contributed by atoms with Gasteiger partial charge in [0.2, 0.25) is 0 Å². The maximum Gasteiger partial charge on any atom is 0.339 e. The fraction of sp³-hybridized carbons (Fsp3) is 0.421. The predicted molar refractivity (Wildman–Crippen MR) is 104 cm³/mol. The lowest BCUT2D eigenvalue weighted by molar-refractivity contribution is -0.124. The molecular formula is C19H22N2O3S2. The standard InChI is InChI=1S/C19H22N2O3S2/c1-13-20-15(11-25-13)12-26-17-9-5-4-8-16(17)19(23)24-10-18(22)21-14-6-2-3-7-14/h4-5,8-9,11,14H,2-3,6-7,10,12H2,1H3,(H,21,22). The van der Waals surface area contributed by atoms with E-state index >= 15 is 0 Å². The van der Waals surface area contributed by atoms with E-state index in [1.165, 1.54) is 0 Å². The van der Waals surface area contributed by atoms with E-state index in [0.717, 1.165) is 41.3 Å². The number of rotatable bonds is 7. The molecule has 0 spiro atoms. The summed E-state index contributed by atoms with van der Waals surface area (Å²) in [6, 6.07) is 7.53. The normalized spacial score (nSPS) is 14.3. The summed E-state index contributed by atoms with van der Waals surface area (Å²) >= 11 is 3.16. The van der Waals surface area contributed by atoms with Crippen LogP contribution in [0.25, 0.3) is 0 Å². The molecule has 0 atom stereocenters. The summed E-state index contributed by atoms with van der Waals surface area (Å²) in [4.78, 5) is 29.6.